The summed E-state index contributed by atoms with van der Waals surface area (Å²) in [6.45, 7) is 0. The van der Waals surface area contributed by atoms with Crippen molar-refractivity contribution in [2.24, 2.45) is 0 Å². The summed E-state index contributed by atoms with van der Waals surface area (Å²) < 4.78 is 18.6. The number of benzene rings is 3. The lowest BCUT2D eigenvalue weighted by atomic mass is 10.2. The molecule has 2 amide bonds. The third-order valence-corrected chi connectivity index (χ3v) is 5.52. The molecule has 0 bridgehead atoms. The molecule has 1 aliphatic heterocycles. The zero-order valence-electron chi connectivity index (χ0n) is 16.0. The lowest BCUT2D eigenvalue weighted by Crippen LogP contribution is -2.32. The van der Waals surface area contributed by atoms with Gasteiger partial charge in [-0.15, -0.1) is 0 Å². The summed E-state index contributed by atoms with van der Waals surface area (Å²) in [5.41, 5.74) is 1.07. The smallest absolute Gasteiger partial charge is 0.283 e. The Balaban J connectivity index is 1.74. The number of halogens is 1. The molecule has 0 spiro atoms. The van der Waals surface area contributed by atoms with Crippen LogP contribution in [0.2, 0.25) is 0 Å². The van der Waals surface area contributed by atoms with Gasteiger partial charge in [0.1, 0.15) is 22.2 Å². The van der Waals surface area contributed by atoms with Gasteiger partial charge in [0, 0.05) is 16.6 Å². The summed E-state index contributed by atoms with van der Waals surface area (Å²) in [7, 11) is 1.55. The SMILES string of the molecule is COc1cccc(NC2=C(Sc3ccccc3)C(=O)N(c3ccc(F)cc3)C2=O)c1. The van der Waals surface area contributed by atoms with Gasteiger partial charge in [-0.1, -0.05) is 36.0 Å². The summed E-state index contributed by atoms with van der Waals surface area (Å²) in [5.74, 6) is -0.803. The monoisotopic (exact) mass is 420 g/mol. The number of nitrogens with one attached hydrogen (secondary N) is 1. The first-order valence-corrected chi connectivity index (χ1v) is 9.91. The fraction of sp³-hybridized carbons (Fsp3) is 0.0435. The fourth-order valence-electron chi connectivity index (χ4n) is 2.99. The number of carbonyl (C=O) groups excluding carboxylic acids is 2. The molecule has 4 rings (SSSR count). The summed E-state index contributed by atoms with van der Waals surface area (Å²) in [6, 6.07) is 21.6. The summed E-state index contributed by atoms with van der Waals surface area (Å²) in [5, 5.41) is 3.07. The van der Waals surface area contributed by atoms with E-state index in [0.717, 1.165) is 9.80 Å². The van der Waals surface area contributed by atoms with E-state index in [0.29, 0.717) is 17.1 Å². The van der Waals surface area contributed by atoms with Gasteiger partial charge < -0.3 is 10.1 Å². The molecule has 3 aromatic carbocycles. The topological polar surface area (TPSA) is 58.6 Å². The molecule has 0 aromatic heterocycles. The van der Waals surface area contributed by atoms with Crippen molar-refractivity contribution in [2.45, 2.75) is 4.90 Å². The average Bonchev–Trinajstić information content (AvgIpc) is 2.99. The van der Waals surface area contributed by atoms with Gasteiger partial charge in [0.15, 0.2) is 0 Å². The minimum atomic E-state index is -0.507. The molecule has 0 unspecified atom stereocenters. The average molecular weight is 420 g/mol. The minimum absolute atomic E-state index is 0.159. The van der Waals surface area contributed by atoms with Crippen LogP contribution in [0, 0.1) is 5.82 Å². The van der Waals surface area contributed by atoms with Gasteiger partial charge in [-0.05, 0) is 48.5 Å². The first-order chi connectivity index (χ1) is 14.6. The number of ether oxygens (including phenoxy) is 1. The predicted octanol–water partition coefficient (Wildman–Crippen LogP) is 4.82. The van der Waals surface area contributed by atoms with Crippen LogP contribution < -0.4 is 15.0 Å². The predicted molar refractivity (Wildman–Crippen MR) is 115 cm³/mol. The van der Waals surface area contributed by atoms with E-state index in [1.807, 2.05) is 30.3 Å². The first kappa shape index (κ1) is 19.7. The second kappa shape index (κ2) is 8.42. The van der Waals surface area contributed by atoms with E-state index in [-0.39, 0.29) is 10.6 Å². The van der Waals surface area contributed by atoms with Crippen LogP contribution in [0.15, 0.2) is 94.4 Å². The number of methoxy groups -OCH3 is 1. The summed E-state index contributed by atoms with van der Waals surface area (Å²) in [6.07, 6.45) is 0. The quantitative estimate of drug-likeness (QED) is 0.579. The van der Waals surface area contributed by atoms with Crippen molar-refractivity contribution in [2.75, 3.05) is 17.3 Å². The second-order valence-corrected chi connectivity index (χ2v) is 7.48. The molecular formula is C23H17FN2O3S. The third kappa shape index (κ3) is 3.92. The Labute approximate surface area is 177 Å². The number of amides is 2. The third-order valence-electron chi connectivity index (χ3n) is 4.43. The standard InChI is InChI=1S/C23H17FN2O3S/c1-29-18-7-5-6-16(14-18)25-20-21(30-19-8-3-2-4-9-19)23(28)26(22(20)27)17-12-10-15(24)11-13-17/h2-14,25H,1H3. The Morgan fingerprint density at radius 1 is 0.900 bits per heavy atom. The van der Waals surface area contributed by atoms with E-state index in [1.54, 1.807) is 31.4 Å². The zero-order valence-corrected chi connectivity index (χ0v) is 16.8. The Hall–Kier alpha value is -3.58. The van der Waals surface area contributed by atoms with E-state index >= 15 is 0 Å². The number of nitrogens with zero attached hydrogens (tertiary/aromatic N) is 1. The molecule has 3 aromatic rings. The van der Waals surface area contributed by atoms with Gasteiger partial charge >= 0.3 is 0 Å². The normalized spacial score (nSPS) is 13.7. The van der Waals surface area contributed by atoms with Gasteiger partial charge in [0.2, 0.25) is 0 Å². The van der Waals surface area contributed by atoms with Crippen LogP contribution in [0.25, 0.3) is 0 Å². The molecule has 150 valence electrons. The largest absolute Gasteiger partial charge is 0.497 e. The Morgan fingerprint density at radius 2 is 1.63 bits per heavy atom. The molecule has 7 heteroatoms. The second-order valence-electron chi connectivity index (χ2n) is 6.40. The zero-order chi connectivity index (χ0) is 21.1. The van der Waals surface area contributed by atoms with Crippen LogP contribution in [-0.4, -0.2) is 18.9 Å². The molecule has 30 heavy (non-hydrogen) atoms. The highest BCUT2D eigenvalue weighted by Gasteiger charge is 2.40. The van der Waals surface area contributed by atoms with Crippen molar-refractivity contribution in [1.82, 2.24) is 0 Å². The van der Waals surface area contributed by atoms with Crippen LogP contribution in [0.4, 0.5) is 15.8 Å². The van der Waals surface area contributed by atoms with E-state index in [2.05, 4.69) is 5.32 Å². The maximum atomic E-state index is 13.3. The van der Waals surface area contributed by atoms with Crippen molar-refractivity contribution in [3.05, 3.63) is 95.3 Å². The molecule has 1 aliphatic rings. The van der Waals surface area contributed by atoms with Crippen molar-refractivity contribution in [1.29, 1.82) is 0 Å². The van der Waals surface area contributed by atoms with Gasteiger partial charge in [-0.2, -0.15) is 0 Å². The van der Waals surface area contributed by atoms with Crippen LogP contribution in [0.5, 0.6) is 5.75 Å². The van der Waals surface area contributed by atoms with E-state index in [9.17, 15) is 14.0 Å². The Bertz CT molecular complexity index is 1130. The van der Waals surface area contributed by atoms with E-state index in [4.69, 9.17) is 4.74 Å². The van der Waals surface area contributed by atoms with E-state index < -0.39 is 17.6 Å². The molecule has 0 atom stereocenters. The van der Waals surface area contributed by atoms with Crippen LogP contribution in [-0.2, 0) is 9.59 Å². The molecule has 5 nitrogen and oxygen atoms in total. The Kier molecular flexibility index (Phi) is 5.54. The van der Waals surface area contributed by atoms with Gasteiger partial charge in [0.25, 0.3) is 11.8 Å². The highest BCUT2D eigenvalue weighted by Crippen LogP contribution is 2.38. The maximum absolute atomic E-state index is 13.3. The number of carbonyl (C=O) groups is 2. The molecule has 0 saturated heterocycles. The fourth-order valence-corrected chi connectivity index (χ4v) is 3.94. The molecule has 0 radical (unpaired) electrons. The maximum Gasteiger partial charge on any atom is 0.283 e. The summed E-state index contributed by atoms with van der Waals surface area (Å²) in [4.78, 5) is 28.5. The lowest BCUT2D eigenvalue weighted by molar-refractivity contribution is -0.120. The van der Waals surface area contributed by atoms with Crippen molar-refractivity contribution >= 4 is 35.0 Å². The highest BCUT2D eigenvalue weighted by molar-refractivity contribution is 8.04. The molecule has 0 fully saturated rings. The van der Waals surface area contributed by atoms with Crippen LogP contribution in [0.3, 0.4) is 0 Å². The van der Waals surface area contributed by atoms with Crippen molar-refractivity contribution in [3.8, 4) is 5.75 Å². The number of hydrogen-bond donors (Lipinski definition) is 1. The molecule has 0 saturated carbocycles. The first-order valence-electron chi connectivity index (χ1n) is 9.09. The van der Waals surface area contributed by atoms with Gasteiger partial charge in [0.05, 0.1) is 12.8 Å². The number of thioether (sulfide) groups is 1. The van der Waals surface area contributed by atoms with Crippen LogP contribution in [0.1, 0.15) is 0 Å². The Morgan fingerprint density at radius 3 is 2.33 bits per heavy atom. The molecular weight excluding hydrogens is 403 g/mol. The van der Waals surface area contributed by atoms with Crippen molar-refractivity contribution in [3.63, 3.8) is 0 Å². The number of anilines is 2. The van der Waals surface area contributed by atoms with Gasteiger partial charge in [-0.25, -0.2) is 9.29 Å². The summed E-state index contributed by atoms with van der Waals surface area (Å²) >= 11 is 1.20. The molecule has 1 heterocycles. The number of hydrogen-bond acceptors (Lipinski definition) is 5. The lowest BCUT2D eigenvalue weighted by Gasteiger charge is -2.15. The van der Waals surface area contributed by atoms with Gasteiger partial charge in [-0.3, -0.25) is 9.59 Å². The molecule has 0 aliphatic carbocycles. The van der Waals surface area contributed by atoms with Crippen molar-refractivity contribution < 1.29 is 18.7 Å². The van der Waals surface area contributed by atoms with Crippen LogP contribution >= 0.6 is 11.8 Å². The molecule has 1 N–H and O–H groups in total. The highest BCUT2D eigenvalue weighted by atomic mass is 32.2. The van der Waals surface area contributed by atoms with E-state index in [1.165, 1.54) is 36.0 Å². The minimum Gasteiger partial charge on any atom is -0.497 e. The number of rotatable bonds is 6. The number of imide groups is 1.